The molecule has 1 N–H and O–H groups in total. The van der Waals surface area contributed by atoms with Crippen molar-refractivity contribution in [3.8, 4) is 0 Å². The number of rotatable bonds is 5. The third-order valence-corrected chi connectivity index (χ3v) is 4.65. The van der Waals surface area contributed by atoms with Crippen molar-refractivity contribution >= 4 is 9.84 Å². The lowest BCUT2D eigenvalue weighted by atomic mass is 10.1. The van der Waals surface area contributed by atoms with Crippen molar-refractivity contribution in [2.24, 2.45) is 0 Å². The van der Waals surface area contributed by atoms with E-state index < -0.39 is 20.9 Å². The van der Waals surface area contributed by atoms with Crippen molar-refractivity contribution in [3.63, 3.8) is 0 Å². The van der Waals surface area contributed by atoms with Crippen LogP contribution >= 0.6 is 0 Å². The molecule has 0 spiro atoms. The zero-order chi connectivity index (χ0) is 12.2. The first-order chi connectivity index (χ1) is 7.51. The Morgan fingerprint density at radius 3 is 2.31 bits per heavy atom. The second-order valence-electron chi connectivity index (χ2n) is 3.54. The zero-order valence-corrected chi connectivity index (χ0v) is 9.87. The highest BCUT2D eigenvalue weighted by Crippen LogP contribution is 2.26. The van der Waals surface area contributed by atoms with Crippen molar-refractivity contribution in [2.75, 3.05) is 12.4 Å². The van der Waals surface area contributed by atoms with Gasteiger partial charge < -0.3 is 5.11 Å². The standard InChI is InChI=1S/C11H15FO3S/c1-2-11(16(14,15)8-7-13)9-3-5-10(12)6-4-9/h3-6,11,13H,2,7-8H2,1H3/t11-/m1/s1. The van der Waals surface area contributed by atoms with Crippen molar-refractivity contribution in [3.05, 3.63) is 35.6 Å². The first-order valence-electron chi connectivity index (χ1n) is 5.09. The smallest absolute Gasteiger partial charge is 0.159 e. The summed E-state index contributed by atoms with van der Waals surface area (Å²) in [5, 5.41) is 8.03. The Hall–Kier alpha value is -0.940. The van der Waals surface area contributed by atoms with E-state index in [-0.39, 0.29) is 12.4 Å². The normalized spacial score (nSPS) is 13.7. The maximum Gasteiger partial charge on any atom is 0.159 e. The molecule has 0 bridgehead atoms. The van der Waals surface area contributed by atoms with E-state index in [1.54, 1.807) is 6.92 Å². The number of sulfone groups is 1. The van der Waals surface area contributed by atoms with Gasteiger partial charge in [-0.15, -0.1) is 0 Å². The topological polar surface area (TPSA) is 54.4 Å². The Morgan fingerprint density at radius 2 is 1.88 bits per heavy atom. The number of hydrogen-bond acceptors (Lipinski definition) is 3. The van der Waals surface area contributed by atoms with Gasteiger partial charge in [0.15, 0.2) is 9.84 Å². The largest absolute Gasteiger partial charge is 0.395 e. The molecule has 1 aromatic rings. The van der Waals surface area contributed by atoms with E-state index in [2.05, 4.69) is 0 Å². The Bertz CT molecular complexity index is 425. The summed E-state index contributed by atoms with van der Waals surface area (Å²) in [4.78, 5) is 0. The van der Waals surface area contributed by atoms with Gasteiger partial charge in [0, 0.05) is 0 Å². The maximum atomic E-state index is 12.7. The predicted molar refractivity (Wildman–Crippen MR) is 60.3 cm³/mol. The van der Waals surface area contributed by atoms with Crippen LogP contribution in [0, 0.1) is 5.82 Å². The average Bonchev–Trinajstić information content (AvgIpc) is 2.21. The SMILES string of the molecule is CC[C@H](c1ccc(F)cc1)S(=O)(=O)CCO. The van der Waals surface area contributed by atoms with Gasteiger partial charge in [0.1, 0.15) is 5.82 Å². The van der Waals surface area contributed by atoms with Crippen LogP contribution < -0.4 is 0 Å². The maximum absolute atomic E-state index is 12.7. The van der Waals surface area contributed by atoms with Crippen LogP contribution in [0.25, 0.3) is 0 Å². The summed E-state index contributed by atoms with van der Waals surface area (Å²) in [7, 11) is -3.36. The van der Waals surface area contributed by atoms with Crippen LogP contribution in [-0.4, -0.2) is 25.9 Å². The molecule has 1 atom stereocenters. The number of aliphatic hydroxyl groups is 1. The van der Waals surface area contributed by atoms with Crippen LogP contribution in [0.3, 0.4) is 0 Å². The lowest BCUT2D eigenvalue weighted by Crippen LogP contribution is -2.18. The zero-order valence-electron chi connectivity index (χ0n) is 9.06. The summed E-state index contributed by atoms with van der Waals surface area (Å²) in [6.45, 7) is 1.36. The summed E-state index contributed by atoms with van der Waals surface area (Å²) in [5.41, 5.74) is 0.567. The summed E-state index contributed by atoms with van der Waals surface area (Å²) >= 11 is 0. The van der Waals surface area contributed by atoms with Crippen LogP contribution in [0.1, 0.15) is 24.2 Å². The monoisotopic (exact) mass is 246 g/mol. The molecule has 90 valence electrons. The third-order valence-electron chi connectivity index (χ3n) is 2.42. The molecule has 5 heteroatoms. The molecule has 3 nitrogen and oxygen atoms in total. The van der Waals surface area contributed by atoms with E-state index in [1.165, 1.54) is 24.3 Å². The first-order valence-corrected chi connectivity index (χ1v) is 6.80. The molecule has 0 fully saturated rings. The molecule has 1 aromatic carbocycles. The minimum Gasteiger partial charge on any atom is -0.395 e. The Kier molecular flexibility index (Phi) is 4.44. The number of hydrogen-bond donors (Lipinski definition) is 1. The quantitative estimate of drug-likeness (QED) is 0.860. The lowest BCUT2D eigenvalue weighted by molar-refractivity contribution is 0.319. The predicted octanol–water partition coefficient (Wildman–Crippen LogP) is 1.68. The van der Waals surface area contributed by atoms with E-state index in [0.29, 0.717) is 12.0 Å². The van der Waals surface area contributed by atoms with Crippen LogP contribution in [0.2, 0.25) is 0 Å². The first kappa shape index (κ1) is 13.1. The van der Waals surface area contributed by atoms with Crippen molar-refractivity contribution in [2.45, 2.75) is 18.6 Å². The van der Waals surface area contributed by atoms with Gasteiger partial charge >= 0.3 is 0 Å². The molecule has 0 saturated heterocycles. The van der Waals surface area contributed by atoms with Gasteiger partial charge in [-0.2, -0.15) is 0 Å². The van der Waals surface area contributed by atoms with Crippen LogP contribution in [-0.2, 0) is 9.84 Å². The minimum atomic E-state index is -3.36. The summed E-state index contributed by atoms with van der Waals surface area (Å²) in [5.74, 6) is -0.652. The molecule has 0 aliphatic rings. The van der Waals surface area contributed by atoms with E-state index in [1.807, 2.05) is 0 Å². The molecular weight excluding hydrogens is 231 g/mol. The molecule has 0 unspecified atom stereocenters. The Labute approximate surface area is 94.8 Å². The van der Waals surface area contributed by atoms with Crippen molar-refractivity contribution in [1.82, 2.24) is 0 Å². The third kappa shape index (κ3) is 3.02. The highest BCUT2D eigenvalue weighted by Gasteiger charge is 2.24. The molecule has 0 saturated carbocycles. The molecule has 0 aromatic heterocycles. The van der Waals surface area contributed by atoms with E-state index in [0.717, 1.165) is 0 Å². The number of halogens is 1. The van der Waals surface area contributed by atoms with Gasteiger partial charge in [0.05, 0.1) is 17.6 Å². The van der Waals surface area contributed by atoms with Gasteiger partial charge in [0.2, 0.25) is 0 Å². The van der Waals surface area contributed by atoms with E-state index >= 15 is 0 Å². The Morgan fingerprint density at radius 1 is 1.31 bits per heavy atom. The molecule has 0 amide bonds. The second kappa shape index (κ2) is 5.41. The van der Waals surface area contributed by atoms with Crippen molar-refractivity contribution < 1.29 is 17.9 Å². The molecule has 0 heterocycles. The summed E-state index contributed by atoms with van der Waals surface area (Å²) in [6.07, 6.45) is 0.411. The summed E-state index contributed by atoms with van der Waals surface area (Å²) in [6, 6.07) is 5.43. The fourth-order valence-electron chi connectivity index (χ4n) is 1.64. The second-order valence-corrected chi connectivity index (χ2v) is 5.84. The molecule has 0 aliphatic carbocycles. The van der Waals surface area contributed by atoms with Crippen LogP contribution in [0.4, 0.5) is 4.39 Å². The lowest BCUT2D eigenvalue weighted by Gasteiger charge is -2.15. The van der Waals surface area contributed by atoms with Crippen LogP contribution in [0.5, 0.6) is 0 Å². The molecule has 16 heavy (non-hydrogen) atoms. The van der Waals surface area contributed by atoms with Gasteiger partial charge in [0.25, 0.3) is 0 Å². The number of aliphatic hydroxyl groups excluding tert-OH is 1. The average molecular weight is 246 g/mol. The van der Waals surface area contributed by atoms with Gasteiger partial charge in [-0.05, 0) is 24.1 Å². The molecule has 1 rings (SSSR count). The van der Waals surface area contributed by atoms with Gasteiger partial charge in [-0.1, -0.05) is 19.1 Å². The van der Waals surface area contributed by atoms with Gasteiger partial charge in [-0.3, -0.25) is 0 Å². The van der Waals surface area contributed by atoms with E-state index in [4.69, 9.17) is 5.11 Å². The molecule has 0 aliphatic heterocycles. The van der Waals surface area contributed by atoms with Crippen LogP contribution in [0.15, 0.2) is 24.3 Å². The number of benzene rings is 1. The minimum absolute atomic E-state index is 0.261. The Balaban J connectivity index is 3.03. The van der Waals surface area contributed by atoms with Gasteiger partial charge in [-0.25, -0.2) is 12.8 Å². The highest BCUT2D eigenvalue weighted by molar-refractivity contribution is 7.91. The fourth-order valence-corrected chi connectivity index (χ4v) is 3.26. The highest BCUT2D eigenvalue weighted by atomic mass is 32.2. The fraction of sp³-hybridized carbons (Fsp3) is 0.455. The molecule has 0 radical (unpaired) electrons. The molecular formula is C11H15FO3S. The van der Waals surface area contributed by atoms with Crippen molar-refractivity contribution in [1.29, 1.82) is 0 Å². The van der Waals surface area contributed by atoms with E-state index in [9.17, 15) is 12.8 Å². The summed E-state index contributed by atoms with van der Waals surface area (Å²) < 4.78 is 36.3.